The molecule has 1 atom stereocenters. The van der Waals surface area contributed by atoms with Crippen LogP contribution in [0.5, 0.6) is 5.75 Å². The van der Waals surface area contributed by atoms with E-state index in [1.807, 2.05) is 0 Å². The largest absolute Gasteiger partial charge is 0.495 e. The zero-order valence-corrected chi connectivity index (χ0v) is 16.3. The molecule has 0 spiro atoms. The van der Waals surface area contributed by atoms with Crippen molar-refractivity contribution in [3.05, 3.63) is 58.9 Å². The number of sulfonamides is 1. The summed E-state index contributed by atoms with van der Waals surface area (Å²) in [5.41, 5.74) is 0.395. The molecule has 0 aromatic heterocycles. The third-order valence-corrected chi connectivity index (χ3v) is 5.51. The Morgan fingerprint density at radius 2 is 1.96 bits per heavy atom. The van der Waals surface area contributed by atoms with Crippen molar-refractivity contribution in [2.24, 2.45) is 0 Å². The van der Waals surface area contributed by atoms with Crippen LogP contribution < -0.4 is 9.46 Å². The molecule has 2 aromatic carbocycles. The summed E-state index contributed by atoms with van der Waals surface area (Å²) < 4.78 is 51.6. The summed E-state index contributed by atoms with van der Waals surface area (Å²) in [7, 11) is -2.96. The van der Waals surface area contributed by atoms with E-state index in [1.165, 1.54) is 13.2 Å². The monoisotopic (exact) mass is 415 g/mol. The molecule has 0 fully saturated rings. The number of halogens is 2. The first-order chi connectivity index (χ1) is 12.8. The molecule has 146 valence electrons. The maximum Gasteiger partial charge on any atom is 0.307 e. The van der Waals surface area contributed by atoms with Crippen molar-refractivity contribution in [1.29, 1.82) is 0 Å². The molecular weight excluding hydrogens is 397 g/mol. The Labute approximate surface area is 162 Å². The van der Waals surface area contributed by atoms with Gasteiger partial charge in [0.05, 0.1) is 26.2 Å². The molecule has 0 aliphatic rings. The molecule has 2 aromatic rings. The summed E-state index contributed by atoms with van der Waals surface area (Å²) in [6.07, 6.45) is -0.283. The van der Waals surface area contributed by atoms with E-state index in [2.05, 4.69) is 4.72 Å². The van der Waals surface area contributed by atoms with E-state index in [-0.39, 0.29) is 28.7 Å². The van der Waals surface area contributed by atoms with Gasteiger partial charge in [0.25, 0.3) is 0 Å². The van der Waals surface area contributed by atoms with Gasteiger partial charge in [0.2, 0.25) is 10.0 Å². The van der Waals surface area contributed by atoms with Crippen LogP contribution in [0, 0.1) is 5.82 Å². The lowest BCUT2D eigenvalue weighted by Gasteiger charge is -2.20. The third-order valence-electron chi connectivity index (χ3n) is 3.67. The minimum Gasteiger partial charge on any atom is -0.495 e. The first kappa shape index (κ1) is 21.1. The average Bonchev–Trinajstić information content (AvgIpc) is 2.61. The van der Waals surface area contributed by atoms with Crippen LogP contribution in [0.1, 0.15) is 24.9 Å². The summed E-state index contributed by atoms with van der Waals surface area (Å²) in [5.74, 6) is -1.37. The van der Waals surface area contributed by atoms with Crippen molar-refractivity contribution >= 4 is 27.6 Å². The Bertz CT molecular complexity index is 920. The van der Waals surface area contributed by atoms with E-state index in [1.54, 1.807) is 31.2 Å². The minimum atomic E-state index is -4.23. The predicted molar refractivity (Wildman–Crippen MR) is 98.7 cm³/mol. The van der Waals surface area contributed by atoms with Gasteiger partial charge in [-0.05, 0) is 36.8 Å². The van der Waals surface area contributed by atoms with Gasteiger partial charge in [-0.25, -0.2) is 17.5 Å². The third kappa shape index (κ3) is 5.41. The van der Waals surface area contributed by atoms with Gasteiger partial charge >= 0.3 is 5.97 Å². The molecule has 0 aliphatic heterocycles. The van der Waals surface area contributed by atoms with Crippen LogP contribution in [-0.2, 0) is 19.6 Å². The minimum absolute atomic E-state index is 0.0297. The lowest BCUT2D eigenvalue weighted by atomic mass is 10.1. The molecule has 0 heterocycles. The molecule has 0 unspecified atom stereocenters. The maximum absolute atomic E-state index is 13.6. The van der Waals surface area contributed by atoms with Gasteiger partial charge in [0, 0.05) is 5.02 Å². The number of carbonyl (C=O) groups excluding carboxylic acids is 1. The van der Waals surface area contributed by atoms with Crippen LogP contribution in [-0.4, -0.2) is 28.1 Å². The summed E-state index contributed by atoms with van der Waals surface area (Å²) in [6.45, 7) is 1.79. The van der Waals surface area contributed by atoms with Crippen LogP contribution in [0.15, 0.2) is 47.4 Å². The van der Waals surface area contributed by atoms with E-state index < -0.39 is 27.9 Å². The zero-order chi connectivity index (χ0) is 20.0. The van der Waals surface area contributed by atoms with Crippen molar-refractivity contribution in [1.82, 2.24) is 4.72 Å². The fourth-order valence-corrected chi connectivity index (χ4v) is 4.13. The number of carbonyl (C=O) groups is 1. The number of esters is 1. The van der Waals surface area contributed by atoms with Gasteiger partial charge in [-0.3, -0.25) is 4.79 Å². The zero-order valence-electron chi connectivity index (χ0n) is 14.7. The highest BCUT2D eigenvalue weighted by atomic mass is 35.5. The molecule has 6 nitrogen and oxygen atoms in total. The highest BCUT2D eigenvalue weighted by molar-refractivity contribution is 7.89. The molecule has 1 N–H and O–H groups in total. The van der Waals surface area contributed by atoms with Crippen molar-refractivity contribution in [3.63, 3.8) is 0 Å². The number of rotatable bonds is 8. The molecule has 0 bridgehead atoms. The summed E-state index contributed by atoms with van der Waals surface area (Å²) in [5, 5.41) is 0.278. The number of methoxy groups -OCH3 is 1. The van der Waals surface area contributed by atoms with Crippen molar-refractivity contribution < 1.29 is 27.1 Å². The first-order valence-electron chi connectivity index (χ1n) is 8.04. The Morgan fingerprint density at radius 1 is 1.26 bits per heavy atom. The SMILES string of the molecule is CCOC(=O)C[C@@H](NS(=O)(=O)c1cc(F)ccc1OC)c1ccccc1Cl. The van der Waals surface area contributed by atoms with E-state index in [9.17, 15) is 17.6 Å². The molecule has 0 saturated carbocycles. The second-order valence-electron chi connectivity index (χ2n) is 5.50. The average molecular weight is 416 g/mol. The smallest absolute Gasteiger partial charge is 0.307 e. The fraction of sp³-hybridized carbons (Fsp3) is 0.278. The highest BCUT2D eigenvalue weighted by Crippen LogP contribution is 2.30. The van der Waals surface area contributed by atoms with Gasteiger partial charge in [-0.15, -0.1) is 0 Å². The van der Waals surface area contributed by atoms with Gasteiger partial charge in [0.15, 0.2) is 0 Å². The molecule has 0 radical (unpaired) electrons. The normalized spacial score (nSPS) is 12.4. The van der Waals surface area contributed by atoms with Crippen LogP contribution in [0.25, 0.3) is 0 Å². The lowest BCUT2D eigenvalue weighted by molar-refractivity contribution is -0.143. The number of hydrogen-bond acceptors (Lipinski definition) is 5. The summed E-state index contributed by atoms with van der Waals surface area (Å²) in [6, 6.07) is 8.64. The number of benzene rings is 2. The van der Waals surface area contributed by atoms with Crippen molar-refractivity contribution in [3.8, 4) is 5.75 Å². The van der Waals surface area contributed by atoms with E-state index >= 15 is 0 Å². The Balaban J connectivity index is 2.43. The van der Waals surface area contributed by atoms with Crippen molar-refractivity contribution in [2.45, 2.75) is 24.3 Å². The standard InChI is InChI=1S/C18H19ClFNO5S/c1-3-26-18(22)11-15(13-6-4-5-7-14(13)19)21-27(23,24)17-10-12(20)8-9-16(17)25-2/h4-10,15,21H,3,11H2,1-2H3/t15-/m1/s1. The quantitative estimate of drug-likeness (QED) is 0.668. The predicted octanol–water partition coefficient (Wildman–Crippen LogP) is 3.46. The molecule has 0 saturated heterocycles. The Hall–Kier alpha value is -2.16. The van der Waals surface area contributed by atoms with E-state index in [0.717, 1.165) is 12.1 Å². The molecular formula is C18H19ClFNO5S. The Kier molecular flexibility index (Phi) is 7.18. The maximum atomic E-state index is 13.6. The van der Waals surface area contributed by atoms with Crippen LogP contribution >= 0.6 is 11.6 Å². The molecule has 27 heavy (non-hydrogen) atoms. The number of ether oxygens (including phenoxy) is 2. The topological polar surface area (TPSA) is 81.7 Å². The second kappa shape index (κ2) is 9.16. The summed E-state index contributed by atoms with van der Waals surface area (Å²) >= 11 is 6.17. The van der Waals surface area contributed by atoms with Crippen LogP contribution in [0.3, 0.4) is 0 Å². The van der Waals surface area contributed by atoms with Crippen LogP contribution in [0.4, 0.5) is 4.39 Å². The van der Waals surface area contributed by atoms with Gasteiger partial charge in [-0.1, -0.05) is 29.8 Å². The van der Waals surface area contributed by atoms with Crippen molar-refractivity contribution in [2.75, 3.05) is 13.7 Å². The fourth-order valence-electron chi connectivity index (χ4n) is 2.47. The van der Waals surface area contributed by atoms with E-state index in [4.69, 9.17) is 21.1 Å². The molecule has 9 heteroatoms. The number of nitrogens with one attached hydrogen (secondary N) is 1. The highest BCUT2D eigenvalue weighted by Gasteiger charge is 2.28. The molecule has 2 rings (SSSR count). The van der Waals surface area contributed by atoms with Gasteiger partial charge in [-0.2, -0.15) is 0 Å². The first-order valence-corrected chi connectivity index (χ1v) is 9.90. The Morgan fingerprint density at radius 3 is 2.59 bits per heavy atom. The lowest BCUT2D eigenvalue weighted by Crippen LogP contribution is -2.31. The summed E-state index contributed by atoms with van der Waals surface area (Å²) in [4.78, 5) is 11.6. The molecule has 0 amide bonds. The van der Waals surface area contributed by atoms with Gasteiger partial charge in [0.1, 0.15) is 16.5 Å². The second-order valence-corrected chi connectivity index (χ2v) is 7.59. The van der Waals surface area contributed by atoms with E-state index in [0.29, 0.717) is 5.56 Å². The van der Waals surface area contributed by atoms with Gasteiger partial charge < -0.3 is 9.47 Å². The molecule has 0 aliphatic carbocycles. The van der Waals surface area contributed by atoms with Crippen LogP contribution in [0.2, 0.25) is 5.02 Å². The number of hydrogen-bond donors (Lipinski definition) is 1.